The standard InChI is InChI=1S/C54H53N5O17/c1-28-37(73-50(67)42(62)41(31-16-10-7-11-17-31)56-47(64)32-18-12-8-13-19-32)26-54(68)46(75-48(65)33-20-14-9-15-21-33)44-52(6,45(63)43(72-29(2)60)40(28)51(54,4)5)38(25-39-53(44,27-71-39)76-30(3)61)74-49(66)35-24-34(57-58-55)22-23-36(35)59(69)70/h7-24,37-39,41-44,46,62,68H,25-27H2,1-6H3,(H,56,64)/t37-,38-,39?,41-,42+,43+,44?,46?,52+,53-,54+/m0/s1. The number of fused-ring (bicyclic) bond motifs is 5. The van der Waals surface area contributed by atoms with Crippen LogP contribution < -0.4 is 5.32 Å². The van der Waals surface area contributed by atoms with Gasteiger partial charge >= 0.3 is 29.8 Å². The van der Waals surface area contributed by atoms with Crippen LogP contribution in [0.25, 0.3) is 10.4 Å². The van der Waals surface area contributed by atoms with Crippen LogP contribution in [0.1, 0.15) is 97.1 Å². The van der Waals surface area contributed by atoms with E-state index in [0.29, 0.717) is 5.56 Å². The number of nitro benzene ring substituents is 1. The van der Waals surface area contributed by atoms with Crippen LogP contribution in [0.4, 0.5) is 11.4 Å². The van der Waals surface area contributed by atoms with Crippen molar-refractivity contribution < 1.29 is 77.1 Å². The first kappa shape index (κ1) is 54.0. The minimum Gasteiger partial charge on any atom is -0.457 e. The second-order valence-electron chi connectivity index (χ2n) is 19.9. The second kappa shape index (κ2) is 20.8. The number of azide groups is 1. The van der Waals surface area contributed by atoms with Crippen molar-refractivity contribution in [3.05, 3.63) is 163 Å². The molecule has 76 heavy (non-hydrogen) atoms. The molecule has 3 aliphatic carbocycles. The smallest absolute Gasteiger partial charge is 0.345 e. The van der Waals surface area contributed by atoms with Crippen LogP contribution in [0.2, 0.25) is 0 Å². The number of rotatable bonds is 14. The number of hydrogen-bond donors (Lipinski definition) is 3. The summed E-state index contributed by atoms with van der Waals surface area (Å²) in [5.74, 6) is -9.32. The number of amides is 1. The Hall–Kier alpha value is -8.30. The zero-order valence-electron chi connectivity index (χ0n) is 41.9. The highest BCUT2D eigenvalue weighted by molar-refractivity contribution is 5.98. The number of aliphatic hydroxyl groups is 2. The fraction of sp³-hybridized carbons (Fsp3) is 0.389. The van der Waals surface area contributed by atoms with Crippen LogP contribution in [0, 0.1) is 26.9 Å². The third-order valence-corrected chi connectivity index (χ3v) is 15.3. The van der Waals surface area contributed by atoms with E-state index in [-0.39, 0.29) is 28.0 Å². The van der Waals surface area contributed by atoms with Crippen molar-refractivity contribution in [2.45, 2.75) is 108 Å². The predicted octanol–water partition coefficient (Wildman–Crippen LogP) is 6.45. The van der Waals surface area contributed by atoms with E-state index in [1.165, 1.54) is 64.1 Å². The Morgan fingerprint density at radius 2 is 1.47 bits per heavy atom. The molecule has 1 heterocycles. The summed E-state index contributed by atoms with van der Waals surface area (Å²) >= 11 is 0. The maximum Gasteiger partial charge on any atom is 0.345 e. The lowest BCUT2D eigenvalue weighted by Crippen LogP contribution is -2.82. The number of ketones is 1. The number of nitro groups is 1. The van der Waals surface area contributed by atoms with Crippen molar-refractivity contribution in [1.82, 2.24) is 5.32 Å². The van der Waals surface area contributed by atoms with Crippen LogP contribution >= 0.6 is 0 Å². The summed E-state index contributed by atoms with van der Waals surface area (Å²) in [5.41, 5.74) is -1.15. The van der Waals surface area contributed by atoms with E-state index in [1.807, 2.05) is 0 Å². The van der Waals surface area contributed by atoms with Gasteiger partial charge in [0.2, 0.25) is 0 Å². The molecule has 3 N–H and O–H groups in total. The number of carbonyl (C=O) groups excluding carboxylic acids is 7. The van der Waals surface area contributed by atoms with E-state index in [9.17, 15) is 49.1 Å². The van der Waals surface area contributed by atoms with E-state index in [0.717, 1.165) is 32.0 Å². The molecule has 396 valence electrons. The van der Waals surface area contributed by atoms with Crippen LogP contribution in [0.5, 0.6) is 0 Å². The minimum atomic E-state index is -2.62. The molecule has 4 aliphatic rings. The number of hydrogen-bond acceptors (Lipinski definition) is 18. The molecule has 1 saturated heterocycles. The number of benzene rings is 4. The third kappa shape index (κ3) is 9.44. The predicted molar refractivity (Wildman–Crippen MR) is 263 cm³/mol. The Balaban J connectivity index is 1.33. The summed E-state index contributed by atoms with van der Waals surface area (Å²) in [4.78, 5) is 115. The Morgan fingerprint density at radius 1 is 0.855 bits per heavy atom. The van der Waals surface area contributed by atoms with Gasteiger partial charge in [0.25, 0.3) is 11.6 Å². The van der Waals surface area contributed by atoms with E-state index in [2.05, 4.69) is 15.3 Å². The van der Waals surface area contributed by atoms with Crippen molar-refractivity contribution in [1.29, 1.82) is 0 Å². The highest BCUT2D eigenvalue weighted by atomic mass is 16.6. The Labute approximate surface area is 434 Å². The Morgan fingerprint density at radius 3 is 2.04 bits per heavy atom. The molecule has 3 unspecified atom stereocenters. The van der Waals surface area contributed by atoms with Crippen LogP contribution in [-0.4, -0.2) is 111 Å². The lowest BCUT2D eigenvalue weighted by Gasteiger charge is -2.67. The average Bonchev–Trinajstić information content (AvgIpc) is 3.59. The second-order valence-corrected chi connectivity index (χ2v) is 19.9. The summed E-state index contributed by atoms with van der Waals surface area (Å²) in [6.45, 7) is 7.23. The van der Waals surface area contributed by atoms with E-state index in [1.54, 1.807) is 54.6 Å². The molecule has 4 aromatic carbocycles. The van der Waals surface area contributed by atoms with Crippen molar-refractivity contribution in [3.63, 3.8) is 0 Å². The minimum absolute atomic E-state index is 0.0315. The molecule has 22 heteroatoms. The number of carbonyl (C=O) groups is 7. The molecular weight excluding hydrogens is 991 g/mol. The summed E-state index contributed by atoms with van der Waals surface area (Å²) in [5, 5.41) is 44.5. The van der Waals surface area contributed by atoms with Gasteiger partial charge in [0.15, 0.2) is 23.6 Å². The fourth-order valence-electron chi connectivity index (χ4n) is 11.5. The molecule has 1 amide bonds. The van der Waals surface area contributed by atoms with Crippen molar-refractivity contribution in [3.8, 4) is 0 Å². The first-order valence-corrected chi connectivity index (χ1v) is 24.1. The maximum absolute atomic E-state index is 16.3. The van der Waals surface area contributed by atoms with E-state index < -0.39 is 148 Å². The SMILES string of the molecule is CC(=O)O[C@H]1C(=O)[C@@]2(C)C(C(OC(=O)c3ccccc3)[C@]3(O)C[C@H](OC(=O)[C@H](O)[C@@H](NC(=O)c4ccccc4)c4ccccc4)C(C)=C1C3(C)C)[C@]1(OC(C)=O)COC1C[C@@H]2OC(=O)c1cc(N=[N+]=[N-])ccc1[N+](=O)[O-]. The molecule has 22 nitrogen and oxygen atoms in total. The normalized spacial score (nSPS) is 27.8. The highest BCUT2D eigenvalue weighted by Gasteiger charge is 2.79. The van der Waals surface area contributed by atoms with Crippen LogP contribution in [0.3, 0.4) is 0 Å². The molecule has 1 aliphatic heterocycles. The Bertz CT molecular complexity index is 3090. The topological polar surface area (TPSA) is 319 Å². The molecule has 2 bridgehead atoms. The van der Waals surface area contributed by atoms with Crippen LogP contribution in [0.15, 0.2) is 125 Å². The highest BCUT2D eigenvalue weighted by Crippen LogP contribution is 2.65. The van der Waals surface area contributed by atoms with Gasteiger partial charge in [-0.3, -0.25) is 29.3 Å². The first-order chi connectivity index (χ1) is 36.0. The summed E-state index contributed by atoms with van der Waals surface area (Å²) in [6.07, 6.45) is -12.2. The molecule has 2 saturated carbocycles. The first-order valence-electron chi connectivity index (χ1n) is 24.1. The molecular formula is C54H53N5O17. The number of nitrogens with zero attached hydrogens (tertiary/aromatic N) is 4. The lowest BCUT2D eigenvalue weighted by molar-refractivity contribution is -0.385. The van der Waals surface area contributed by atoms with E-state index >= 15 is 4.79 Å². The summed E-state index contributed by atoms with van der Waals surface area (Å²) in [6, 6.07) is 25.0. The van der Waals surface area contributed by atoms with Gasteiger partial charge in [0, 0.05) is 54.3 Å². The van der Waals surface area contributed by atoms with Gasteiger partial charge in [0.1, 0.15) is 35.6 Å². The van der Waals surface area contributed by atoms with Crippen molar-refractivity contribution >= 4 is 52.9 Å². The zero-order chi connectivity index (χ0) is 55.1. The number of aliphatic hydroxyl groups excluding tert-OH is 1. The van der Waals surface area contributed by atoms with Gasteiger partial charge in [-0.25, -0.2) is 14.4 Å². The van der Waals surface area contributed by atoms with Crippen LogP contribution in [-0.2, 0) is 47.6 Å². The van der Waals surface area contributed by atoms with Gasteiger partial charge in [0.05, 0.1) is 34.5 Å². The van der Waals surface area contributed by atoms with Gasteiger partial charge in [-0.05, 0) is 72.5 Å². The lowest BCUT2D eigenvalue weighted by atomic mass is 9.44. The largest absolute Gasteiger partial charge is 0.457 e. The monoisotopic (exact) mass is 1040 g/mol. The van der Waals surface area contributed by atoms with Gasteiger partial charge in [-0.2, -0.15) is 0 Å². The number of nitrogens with one attached hydrogen (secondary N) is 1. The summed E-state index contributed by atoms with van der Waals surface area (Å²) < 4.78 is 37.0. The number of ether oxygens (including phenoxy) is 6. The van der Waals surface area contributed by atoms with Crippen molar-refractivity contribution in [2.24, 2.45) is 21.9 Å². The molecule has 11 atom stereocenters. The van der Waals surface area contributed by atoms with Gasteiger partial charge in [-0.1, -0.05) is 85.7 Å². The van der Waals surface area contributed by atoms with Crippen molar-refractivity contribution in [2.75, 3.05) is 6.61 Å². The molecule has 8 rings (SSSR count). The molecule has 4 aromatic rings. The van der Waals surface area contributed by atoms with Gasteiger partial charge in [-0.15, -0.1) is 0 Å². The molecule has 0 aromatic heterocycles. The quantitative estimate of drug-likeness (QED) is 0.0178. The summed E-state index contributed by atoms with van der Waals surface area (Å²) in [7, 11) is 0. The Kier molecular flexibility index (Phi) is 14.8. The molecule has 0 spiro atoms. The molecule has 3 fully saturated rings. The maximum atomic E-state index is 16.3. The van der Waals surface area contributed by atoms with Gasteiger partial charge < -0.3 is 44.0 Å². The third-order valence-electron chi connectivity index (χ3n) is 15.3. The molecule has 0 radical (unpaired) electrons. The van der Waals surface area contributed by atoms with E-state index in [4.69, 9.17) is 34.0 Å². The fourth-order valence-corrected chi connectivity index (χ4v) is 11.5. The number of Topliss-reactive ketones (excluding diaryl/α,β-unsaturated/α-hetero) is 1. The number of esters is 5. The average molecular weight is 1040 g/mol. The zero-order valence-corrected chi connectivity index (χ0v) is 41.9.